The molecule has 0 saturated heterocycles. The van der Waals surface area contributed by atoms with Gasteiger partial charge >= 0.3 is 0 Å². The van der Waals surface area contributed by atoms with Crippen molar-refractivity contribution < 1.29 is 18.0 Å². The predicted molar refractivity (Wildman–Crippen MR) is 125 cm³/mol. The molecule has 1 atom stereocenters. The maximum Gasteiger partial charge on any atom is 0.268 e. The number of benzene rings is 2. The second-order valence-corrected chi connectivity index (χ2v) is 10.0. The Morgan fingerprint density at radius 1 is 1.09 bits per heavy atom. The fourth-order valence-electron chi connectivity index (χ4n) is 3.49. The lowest BCUT2D eigenvalue weighted by Crippen LogP contribution is -2.47. The highest BCUT2D eigenvalue weighted by atomic mass is 32.2. The Morgan fingerprint density at radius 2 is 1.79 bits per heavy atom. The molecule has 0 spiro atoms. The van der Waals surface area contributed by atoms with Gasteiger partial charge in [0.2, 0.25) is 5.91 Å². The number of nitrogens with one attached hydrogen (secondary N) is 2. The molecule has 2 aromatic carbocycles. The van der Waals surface area contributed by atoms with E-state index in [-0.39, 0.29) is 17.4 Å². The van der Waals surface area contributed by atoms with Crippen LogP contribution in [0.25, 0.3) is 10.9 Å². The Kier molecular flexibility index (Phi) is 7.19. The third-order valence-corrected chi connectivity index (χ3v) is 6.87. The van der Waals surface area contributed by atoms with E-state index < -0.39 is 27.9 Å². The molecule has 1 unspecified atom stereocenters. The second kappa shape index (κ2) is 9.88. The van der Waals surface area contributed by atoms with Gasteiger partial charge in [0.25, 0.3) is 15.9 Å². The maximum atomic E-state index is 13.1. The number of fused-ring (bicyclic) bond motifs is 1. The van der Waals surface area contributed by atoms with Gasteiger partial charge in [-0.15, -0.1) is 0 Å². The number of nitriles is 1. The van der Waals surface area contributed by atoms with Gasteiger partial charge < -0.3 is 10.6 Å². The zero-order chi connectivity index (χ0) is 24.2. The molecule has 2 N–H and O–H groups in total. The molecule has 8 nitrogen and oxygen atoms in total. The van der Waals surface area contributed by atoms with Crippen molar-refractivity contribution in [2.75, 3.05) is 6.54 Å². The van der Waals surface area contributed by atoms with Crippen LogP contribution >= 0.6 is 0 Å². The lowest BCUT2D eigenvalue weighted by Gasteiger charge is -2.19. The molecule has 0 radical (unpaired) electrons. The summed E-state index contributed by atoms with van der Waals surface area (Å²) in [6.07, 6.45) is 1.87. The zero-order valence-electron chi connectivity index (χ0n) is 18.7. The SMILES string of the molecule is Cc1ccc(S(=O)(=O)n2ccc3cc(C(=O)NC(CC(C)C)C(=O)NCC#N)ccc32)cc1. The molecule has 0 fully saturated rings. The molecule has 33 heavy (non-hydrogen) atoms. The third kappa shape index (κ3) is 5.41. The first-order valence-electron chi connectivity index (χ1n) is 10.5. The summed E-state index contributed by atoms with van der Waals surface area (Å²) in [7, 11) is -3.79. The van der Waals surface area contributed by atoms with E-state index in [1.54, 1.807) is 42.5 Å². The highest BCUT2D eigenvalue weighted by molar-refractivity contribution is 7.90. The fourth-order valence-corrected chi connectivity index (χ4v) is 4.84. The van der Waals surface area contributed by atoms with E-state index in [0.717, 1.165) is 5.56 Å². The van der Waals surface area contributed by atoms with Crippen molar-refractivity contribution in [1.82, 2.24) is 14.6 Å². The van der Waals surface area contributed by atoms with E-state index >= 15 is 0 Å². The van der Waals surface area contributed by atoms with Crippen molar-refractivity contribution in [1.29, 1.82) is 5.26 Å². The molecule has 2 amide bonds. The molecule has 0 aliphatic heterocycles. The molecule has 1 heterocycles. The van der Waals surface area contributed by atoms with Crippen molar-refractivity contribution in [2.45, 2.75) is 38.1 Å². The zero-order valence-corrected chi connectivity index (χ0v) is 19.5. The van der Waals surface area contributed by atoms with E-state index in [2.05, 4.69) is 10.6 Å². The highest BCUT2D eigenvalue weighted by Crippen LogP contribution is 2.23. The summed E-state index contributed by atoms with van der Waals surface area (Å²) >= 11 is 0. The fraction of sp³-hybridized carbons (Fsp3) is 0.292. The van der Waals surface area contributed by atoms with Crippen LogP contribution in [0, 0.1) is 24.2 Å². The molecule has 1 aromatic heterocycles. The number of rotatable bonds is 8. The number of amides is 2. The number of carbonyl (C=O) groups excluding carboxylic acids is 2. The van der Waals surface area contributed by atoms with Gasteiger partial charge in [-0.1, -0.05) is 31.5 Å². The molecular weight excluding hydrogens is 440 g/mol. The van der Waals surface area contributed by atoms with Crippen LogP contribution in [0.3, 0.4) is 0 Å². The van der Waals surface area contributed by atoms with Crippen LogP contribution in [-0.2, 0) is 14.8 Å². The average Bonchev–Trinajstić information content (AvgIpc) is 3.21. The van der Waals surface area contributed by atoms with Gasteiger partial charge in [-0.3, -0.25) is 9.59 Å². The van der Waals surface area contributed by atoms with E-state index in [9.17, 15) is 18.0 Å². The number of hydrogen-bond acceptors (Lipinski definition) is 5. The van der Waals surface area contributed by atoms with Crippen molar-refractivity contribution in [3.63, 3.8) is 0 Å². The van der Waals surface area contributed by atoms with Crippen molar-refractivity contribution in [2.24, 2.45) is 5.92 Å². The minimum Gasteiger partial charge on any atom is -0.341 e. The van der Waals surface area contributed by atoms with Crippen LogP contribution in [0.5, 0.6) is 0 Å². The molecule has 0 aliphatic rings. The molecule has 0 saturated carbocycles. The summed E-state index contributed by atoms with van der Waals surface area (Å²) in [5.74, 6) is -0.731. The van der Waals surface area contributed by atoms with Gasteiger partial charge in [0.05, 0.1) is 16.5 Å². The smallest absolute Gasteiger partial charge is 0.268 e. The standard InChI is InChI=1S/C24H26N4O4S/c1-16(2)14-21(24(30)26-12-11-25)27-23(29)19-6-9-22-18(15-19)10-13-28(22)33(31,32)20-7-4-17(3)5-8-20/h4-10,13,15-16,21H,12,14H2,1-3H3,(H,26,30)(H,27,29). The summed E-state index contributed by atoms with van der Waals surface area (Å²) in [5, 5.41) is 14.5. The number of nitrogens with zero attached hydrogens (tertiary/aromatic N) is 2. The van der Waals surface area contributed by atoms with Crippen LogP contribution in [0.1, 0.15) is 36.2 Å². The second-order valence-electron chi connectivity index (χ2n) is 8.23. The van der Waals surface area contributed by atoms with E-state index in [1.165, 1.54) is 16.2 Å². The van der Waals surface area contributed by atoms with Gasteiger partial charge in [-0.25, -0.2) is 12.4 Å². The van der Waals surface area contributed by atoms with Crippen LogP contribution in [-0.4, -0.2) is 36.8 Å². The largest absolute Gasteiger partial charge is 0.341 e. The normalized spacial score (nSPS) is 12.3. The van der Waals surface area contributed by atoms with E-state index in [4.69, 9.17) is 5.26 Å². The molecule has 0 aliphatic carbocycles. The summed E-state index contributed by atoms with van der Waals surface area (Å²) in [6, 6.07) is 14.0. The monoisotopic (exact) mass is 466 g/mol. The van der Waals surface area contributed by atoms with Gasteiger partial charge in [0.1, 0.15) is 12.6 Å². The third-order valence-electron chi connectivity index (χ3n) is 5.17. The van der Waals surface area contributed by atoms with E-state index in [1.807, 2.05) is 26.8 Å². The first kappa shape index (κ1) is 24.0. The maximum absolute atomic E-state index is 13.1. The molecular formula is C24H26N4O4S. The van der Waals surface area contributed by atoms with Gasteiger partial charge in [0, 0.05) is 17.1 Å². The highest BCUT2D eigenvalue weighted by Gasteiger charge is 2.23. The van der Waals surface area contributed by atoms with Gasteiger partial charge in [-0.2, -0.15) is 5.26 Å². The quantitative estimate of drug-likeness (QED) is 0.495. The summed E-state index contributed by atoms with van der Waals surface area (Å²) in [5.41, 5.74) is 1.70. The molecule has 3 rings (SSSR count). The van der Waals surface area contributed by atoms with Crippen LogP contribution in [0.15, 0.2) is 59.6 Å². The van der Waals surface area contributed by atoms with Crippen LogP contribution < -0.4 is 10.6 Å². The molecule has 3 aromatic rings. The van der Waals surface area contributed by atoms with Crippen molar-refractivity contribution >= 4 is 32.7 Å². The predicted octanol–water partition coefficient (Wildman–Crippen LogP) is 2.97. The number of aromatic nitrogens is 1. The summed E-state index contributed by atoms with van der Waals surface area (Å²) < 4.78 is 27.3. The number of carbonyl (C=O) groups is 2. The lowest BCUT2D eigenvalue weighted by atomic mass is 10.0. The number of aryl methyl sites for hydroxylation is 1. The molecule has 0 bridgehead atoms. The van der Waals surface area contributed by atoms with E-state index in [0.29, 0.717) is 22.9 Å². The minimum absolute atomic E-state index is 0.141. The average molecular weight is 467 g/mol. The first-order valence-corrected chi connectivity index (χ1v) is 12.0. The van der Waals surface area contributed by atoms with Crippen molar-refractivity contribution in [3.05, 3.63) is 65.9 Å². The van der Waals surface area contributed by atoms with Crippen LogP contribution in [0.2, 0.25) is 0 Å². The Bertz CT molecular complexity index is 1320. The topological polar surface area (TPSA) is 121 Å². The Balaban J connectivity index is 1.87. The Hall–Kier alpha value is -3.64. The summed E-state index contributed by atoms with van der Waals surface area (Å²) in [6.45, 7) is 5.60. The number of hydrogen-bond donors (Lipinski definition) is 2. The Morgan fingerprint density at radius 3 is 2.42 bits per heavy atom. The van der Waals surface area contributed by atoms with Gasteiger partial charge in [-0.05, 0) is 55.7 Å². The molecule has 9 heteroatoms. The van der Waals surface area contributed by atoms with Crippen LogP contribution in [0.4, 0.5) is 0 Å². The Labute approximate surface area is 193 Å². The van der Waals surface area contributed by atoms with Gasteiger partial charge in [0.15, 0.2) is 0 Å². The van der Waals surface area contributed by atoms with Crippen molar-refractivity contribution in [3.8, 4) is 6.07 Å². The summed E-state index contributed by atoms with van der Waals surface area (Å²) in [4.78, 5) is 25.3. The lowest BCUT2D eigenvalue weighted by molar-refractivity contribution is -0.123. The molecule has 172 valence electrons. The minimum atomic E-state index is -3.79. The first-order chi connectivity index (χ1) is 15.6.